The van der Waals surface area contributed by atoms with Crippen LogP contribution in [-0.2, 0) is 19.1 Å². The highest BCUT2D eigenvalue weighted by Crippen LogP contribution is 2.71. The summed E-state index contributed by atoms with van der Waals surface area (Å²) in [6.45, 7) is 8.34. The largest absolute Gasteiger partial charge is 0.451 e. The summed E-state index contributed by atoms with van der Waals surface area (Å²) in [4.78, 5) is 36.7. The van der Waals surface area contributed by atoms with Crippen LogP contribution in [0.15, 0.2) is 23.8 Å². The van der Waals surface area contributed by atoms with Crippen LogP contribution in [0.5, 0.6) is 0 Å². The number of esters is 1. The van der Waals surface area contributed by atoms with Gasteiger partial charge in [-0.15, -0.1) is 0 Å². The molecule has 0 spiro atoms. The van der Waals surface area contributed by atoms with E-state index in [0.717, 1.165) is 5.57 Å². The molecule has 4 rings (SSSR count). The van der Waals surface area contributed by atoms with E-state index in [2.05, 4.69) is 0 Å². The Morgan fingerprint density at radius 2 is 1.90 bits per heavy atom. The second-order valence-corrected chi connectivity index (χ2v) is 10.3. The zero-order chi connectivity index (χ0) is 22.3. The van der Waals surface area contributed by atoms with E-state index in [1.165, 1.54) is 26.0 Å². The van der Waals surface area contributed by atoms with Crippen LogP contribution in [-0.4, -0.2) is 40.0 Å². The minimum Gasteiger partial charge on any atom is -0.451 e. The van der Waals surface area contributed by atoms with Crippen LogP contribution in [0.4, 0.5) is 4.39 Å². The van der Waals surface area contributed by atoms with E-state index in [9.17, 15) is 19.5 Å². The highest BCUT2D eigenvalue weighted by molar-refractivity contribution is 6.01. The van der Waals surface area contributed by atoms with E-state index in [-0.39, 0.29) is 29.8 Å². The molecule has 164 valence electrons. The maximum Gasteiger partial charge on any atom is 0.303 e. The van der Waals surface area contributed by atoms with Gasteiger partial charge in [0.2, 0.25) is 0 Å². The van der Waals surface area contributed by atoms with E-state index >= 15 is 4.39 Å². The molecular formula is C24H31FO5. The van der Waals surface area contributed by atoms with Crippen molar-refractivity contribution in [2.45, 2.75) is 77.7 Å². The second-order valence-electron chi connectivity index (χ2n) is 10.3. The molecule has 0 aromatic rings. The summed E-state index contributed by atoms with van der Waals surface area (Å²) in [6, 6.07) is 0. The Morgan fingerprint density at radius 3 is 2.50 bits per heavy atom. The molecule has 0 radical (unpaired) electrons. The molecule has 8 atom stereocenters. The van der Waals surface area contributed by atoms with Gasteiger partial charge in [-0.25, -0.2) is 4.39 Å². The number of carbonyl (C=O) groups is 3. The zero-order valence-electron chi connectivity index (χ0n) is 18.3. The van der Waals surface area contributed by atoms with Crippen molar-refractivity contribution < 1.29 is 28.6 Å². The van der Waals surface area contributed by atoms with Gasteiger partial charge in [-0.05, 0) is 63.5 Å². The molecule has 0 unspecified atom stereocenters. The van der Waals surface area contributed by atoms with Gasteiger partial charge in [-0.1, -0.05) is 25.5 Å². The number of rotatable bonds is 2. The number of hydrogen-bond acceptors (Lipinski definition) is 5. The van der Waals surface area contributed by atoms with Gasteiger partial charge in [-0.2, -0.15) is 0 Å². The predicted molar refractivity (Wildman–Crippen MR) is 108 cm³/mol. The van der Waals surface area contributed by atoms with Crippen molar-refractivity contribution in [2.75, 3.05) is 0 Å². The quantitative estimate of drug-likeness (QED) is 0.695. The van der Waals surface area contributed by atoms with E-state index in [1.54, 1.807) is 13.0 Å². The molecular weight excluding hydrogens is 387 g/mol. The van der Waals surface area contributed by atoms with Crippen LogP contribution in [0.3, 0.4) is 0 Å². The first kappa shape index (κ1) is 21.4. The third-order valence-corrected chi connectivity index (χ3v) is 8.98. The molecule has 1 N–H and O–H groups in total. The number of alkyl halides is 1. The summed E-state index contributed by atoms with van der Waals surface area (Å²) >= 11 is 0. The lowest BCUT2D eigenvalue weighted by atomic mass is 9.43. The van der Waals surface area contributed by atoms with Crippen LogP contribution in [0, 0.1) is 28.6 Å². The summed E-state index contributed by atoms with van der Waals surface area (Å²) in [6.07, 6.45) is 4.58. The monoisotopic (exact) mass is 418 g/mol. The lowest BCUT2D eigenvalue weighted by Gasteiger charge is -2.63. The Hall–Kier alpha value is -1.82. The van der Waals surface area contributed by atoms with Gasteiger partial charge >= 0.3 is 5.97 Å². The van der Waals surface area contributed by atoms with Crippen molar-refractivity contribution in [1.29, 1.82) is 0 Å². The molecule has 0 aliphatic heterocycles. The number of hydrogen-bond donors (Lipinski definition) is 1. The average Bonchev–Trinajstić information content (AvgIpc) is 2.92. The number of Topliss-reactive ketones (excluding diaryl/α,β-unsaturated/α-hetero) is 1. The van der Waals surface area contributed by atoms with Crippen LogP contribution in [0.2, 0.25) is 0 Å². The molecule has 4 aliphatic carbocycles. The summed E-state index contributed by atoms with van der Waals surface area (Å²) in [5.74, 6) is -1.72. The Morgan fingerprint density at radius 1 is 1.23 bits per heavy atom. The molecule has 0 amide bonds. The molecule has 4 aliphatic rings. The SMILES string of the molecule is CC(=O)O[C@]1(C(C)=O)CC[C@@H]2[C@@H]3C[C@H](C)C4=CC(=O)C=C[C@]4(C)[C@@]3(F)[C@@H](O)C[C@@]21C. The number of carbonyl (C=O) groups excluding carboxylic acids is 3. The topological polar surface area (TPSA) is 80.7 Å². The number of fused-ring (bicyclic) bond motifs is 5. The standard InChI is InChI=1S/C24H31FO5/c1-13-10-19-17-7-9-23(14(2)26,30-15(3)27)22(17,5)12-20(29)24(19,25)21(4)8-6-16(28)11-18(13)21/h6,8,11,13,17,19-20,29H,7,9-10,12H2,1-5H3/t13-,17+,19-,20-,21-,22-,23-,24-/m0/s1. The van der Waals surface area contributed by atoms with Gasteiger partial charge in [0.25, 0.3) is 0 Å². The van der Waals surface area contributed by atoms with Gasteiger partial charge in [0.1, 0.15) is 0 Å². The normalized spacial score (nSPS) is 49.6. The minimum atomic E-state index is -1.96. The first-order valence-corrected chi connectivity index (χ1v) is 10.9. The van der Waals surface area contributed by atoms with Gasteiger partial charge in [0, 0.05) is 23.7 Å². The number of aliphatic hydroxyl groups is 1. The summed E-state index contributed by atoms with van der Waals surface area (Å²) in [7, 11) is 0. The Bertz CT molecular complexity index is 892. The highest BCUT2D eigenvalue weighted by atomic mass is 19.1. The number of aliphatic hydroxyl groups excluding tert-OH is 1. The highest BCUT2D eigenvalue weighted by Gasteiger charge is 2.75. The van der Waals surface area contributed by atoms with Crippen LogP contribution < -0.4 is 0 Å². The average molecular weight is 419 g/mol. The van der Waals surface area contributed by atoms with Crippen molar-refractivity contribution in [3.8, 4) is 0 Å². The first-order valence-electron chi connectivity index (χ1n) is 10.9. The van der Waals surface area contributed by atoms with E-state index < -0.39 is 40.1 Å². The maximum absolute atomic E-state index is 17.1. The Labute approximate surface area is 176 Å². The Balaban J connectivity index is 1.86. The molecule has 0 saturated heterocycles. The van der Waals surface area contributed by atoms with Crippen molar-refractivity contribution in [3.05, 3.63) is 23.8 Å². The van der Waals surface area contributed by atoms with Crippen molar-refractivity contribution in [2.24, 2.45) is 28.6 Å². The van der Waals surface area contributed by atoms with Crippen molar-refractivity contribution in [1.82, 2.24) is 0 Å². The molecule has 0 aromatic carbocycles. The van der Waals surface area contributed by atoms with Crippen molar-refractivity contribution in [3.63, 3.8) is 0 Å². The lowest BCUT2D eigenvalue weighted by Crippen LogP contribution is -2.70. The molecule has 0 bridgehead atoms. The fourth-order valence-corrected chi connectivity index (χ4v) is 7.65. The fraction of sp³-hybridized carbons (Fsp3) is 0.708. The van der Waals surface area contributed by atoms with Crippen LogP contribution in [0.25, 0.3) is 0 Å². The zero-order valence-corrected chi connectivity index (χ0v) is 18.3. The molecule has 3 saturated carbocycles. The third kappa shape index (κ3) is 2.34. The van der Waals surface area contributed by atoms with Crippen LogP contribution >= 0.6 is 0 Å². The maximum atomic E-state index is 17.1. The summed E-state index contributed by atoms with van der Waals surface area (Å²) in [5, 5.41) is 11.3. The van der Waals surface area contributed by atoms with Crippen LogP contribution in [0.1, 0.15) is 60.3 Å². The predicted octanol–water partition coefficient (Wildman–Crippen LogP) is 3.49. The molecule has 30 heavy (non-hydrogen) atoms. The first-order chi connectivity index (χ1) is 13.8. The van der Waals surface area contributed by atoms with Gasteiger partial charge < -0.3 is 9.84 Å². The minimum absolute atomic E-state index is 0.0244. The van der Waals surface area contributed by atoms with Gasteiger partial charge in [0.05, 0.1) is 6.10 Å². The summed E-state index contributed by atoms with van der Waals surface area (Å²) < 4.78 is 22.8. The summed E-state index contributed by atoms with van der Waals surface area (Å²) in [5.41, 5.74) is -4.52. The van der Waals surface area contributed by atoms with E-state index in [4.69, 9.17) is 4.74 Å². The smallest absolute Gasteiger partial charge is 0.303 e. The van der Waals surface area contributed by atoms with E-state index in [0.29, 0.717) is 19.3 Å². The van der Waals surface area contributed by atoms with E-state index in [1.807, 2.05) is 13.8 Å². The van der Waals surface area contributed by atoms with Gasteiger partial charge in [0.15, 0.2) is 22.8 Å². The number of ether oxygens (including phenoxy) is 1. The number of ketones is 2. The second kappa shape index (κ2) is 6.35. The van der Waals surface area contributed by atoms with Gasteiger partial charge in [-0.3, -0.25) is 14.4 Å². The number of halogens is 1. The molecule has 0 aromatic heterocycles. The number of allylic oxidation sites excluding steroid dienone is 4. The molecule has 6 heteroatoms. The van der Waals surface area contributed by atoms with Crippen molar-refractivity contribution >= 4 is 17.5 Å². The Kier molecular flexibility index (Phi) is 4.53. The molecule has 3 fully saturated rings. The third-order valence-electron chi connectivity index (χ3n) is 8.98. The fourth-order valence-electron chi connectivity index (χ4n) is 7.65. The molecule has 5 nitrogen and oxygen atoms in total. The molecule has 0 heterocycles. The lowest BCUT2D eigenvalue weighted by molar-refractivity contribution is -0.226.